The van der Waals surface area contributed by atoms with Crippen LogP contribution in [0.15, 0.2) is 0 Å². The summed E-state index contributed by atoms with van der Waals surface area (Å²) in [6.45, 7) is 3.78. The van der Waals surface area contributed by atoms with Gasteiger partial charge in [-0.25, -0.2) is 9.97 Å². The first kappa shape index (κ1) is 11.6. The van der Waals surface area contributed by atoms with Crippen LogP contribution >= 0.6 is 11.7 Å². The molecule has 3 rings (SSSR count). The lowest BCUT2D eigenvalue weighted by Gasteiger charge is -2.07. The van der Waals surface area contributed by atoms with Crippen LogP contribution in [0.3, 0.4) is 0 Å². The topological polar surface area (TPSA) is 51.6 Å². The zero-order chi connectivity index (χ0) is 13.6. The van der Waals surface area contributed by atoms with E-state index in [1.54, 1.807) is 0 Å². The number of aryl methyl sites for hydroxylation is 2. The SMILES string of the molecule is C#Cc1c2nsnc2c(C#C)c2nc(C)c(C)nc12. The number of terminal acetylenes is 2. The van der Waals surface area contributed by atoms with E-state index < -0.39 is 0 Å². The molecular formula is C14H8N4S. The van der Waals surface area contributed by atoms with Gasteiger partial charge in [-0.3, -0.25) is 0 Å². The van der Waals surface area contributed by atoms with Gasteiger partial charge >= 0.3 is 0 Å². The first-order valence-corrected chi connectivity index (χ1v) is 6.26. The van der Waals surface area contributed by atoms with Crippen molar-refractivity contribution >= 4 is 33.8 Å². The van der Waals surface area contributed by atoms with Crippen molar-refractivity contribution in [3.8, 4) is 24.7 Å². The lowest BCUT2D eigenvalue weighted by atomic mass is 10.0. The molecule has 0 bridgehead atoms. The molecule has 0 aliphatic carbocycles. The van der Waals surface area contributed by atoms with Gasteiger partial charge in [0.15, 0.2) is 0 Å². The number of fused-ring (bicyclic) bond motifs is 2. The minimum Gasteiger partial charge on any atom is -0.248 e. The average molecular weight is 264 g/mol. The Hall–Kier alpha value is -2.50. The molecule has 0 fully saturated rings. The Kier molecular flexibility index (Phi) is 2.45. The molecule has 1 aromatic carbocycles. The van der Waals surface area contributed by atoms with Crippen LogP contribution < -0.4 is 0 Å². The Labute approximate surface area is 114 Å². The lowest BCUT2D eigenvalue weighted by Crippen LogP contribution is -1.99. The van der Waals surface area contributed by atoms with Gasteiger partial charge in [0.05, 0.1) is 34.2 Å². The summed E-state index contributed by atoms with van der Waals surface area (Å²) in [6.07, 6.45) is 11.2. The smallest absolute Gasteiger partial charge is 0.124 e. The summed E-state index contributed by atoms with van der Waals surface area (Å²) in [4.78, 5) is 9.04. The maximum atomic E-state index is 5.59. The number of benzene rings is 1. The van der Waals surface area contributed by atoms with Crippen LogP contribution in [0.5, 0.6) is 0 Å². The molecule has 90 valence electrons. The van der Waals surface area contributed by atoms with Gasteiger partial charge in [0, 0.05) is 0 Å². The van der Waals surface area contributed by atoms with E-state index in [2.05, 4.69) is 30.6 Å². The van der Waals surface area contributed by atoms with E-state index in [-0.39, 0.29) is 0 Å². The predicted octanol–water partition coefficient (Wildman–Crippen LogP) is 2.21. The third kappa shape index (κ3) is 1.49. The first-order chi connectivity index (χ1) is 9.17. The number of aromatic nitrogens is 4. The molecule has 0 aliphatic rings. The van der Waals surface area contributed by atoms with Gasteiger partial charge in [-0.2, -0.15) is 8.75 Å². The molecular weight excluding hydrogens is 256 g/mol. The third-order valence-corrected chi connectivity index (χ3v) is 3.56. The van der Waals surface area contributed by atoms with Gasteiger partial charge < -0.3 is 0 Å². The fourth-order valence-corrected chi connectivity index (χ4v) is 2.53. The van der Waals surface area contributed by atoms with Crippen LogP contribution in [-0.2, 0) is 0 Å². The minimum absolute atomic E-state index is 0.605. The van der Waals surface area contributed by atoms with E-state index in [1.807, 2.05) is 13.8 Å². The molecule has 0 aliphatic heterocycles. The van der Waals surface area contributed by atoms with Gasteiger partial charge in [-0.15, -0.1) is 12.8 Å². The summed E-state index contributed by atoms with van der Waals surface area (Å²) < 4.78 is 8.45. The van der Waals surface area contributed by atoms with Crippen molar-refractivity contribution in [2.45, 2.75) is 13.8 Å². The Morgan fingerprint density at radius 3 is 1.58 bits per heavy atom. The van der Waals surface area contributed by atoms with Crippen LogP contribution in [0.2, 0.25) is 0 Å². The molecule has 3 aromatic rings. The van der Waals surface area contributed by atoms with Crippen molar-refractivity contribution in [3.05, 3.63) is 22.5 Å². The molecule has 0 atom stereocenters. The van der Waals surface area contributed by atoms with E-state index in [1.165, 1.54) is 0 Å². The molecule has 0 radical (unpaired) electrons. The summed E-state index contributed by atoms with van der Waals surface area (Å²) in [6, 6.07) is 0. The van der Waals surface area contributed by atoms with Gasteiger partial charge in [0.25, 0.3) is 0 Å². The second-order valence-electron chi connectivity index (χ2n) is 4.09. The summed E-state index contributed by atoms with van der Waals surface area (Å²) in [7, 11) is 0. The second-order valence-corrected chi connectivity index (χ2v) is 4.62. The van der Waals surface area contributed by atoms with Crippen molar-refractivity contribution < 1.29 is 0 Å². The molecule has 5 heteroatoms. The highest BCUT2D eigenvalue weighted by atomic mass is 32.1. The van der Waals surface area contributed by atoms with Gasteiger partial charge in [0.2, 0.25) is 0 Å². The van der Waals surface area contributed by atoms with E-state index >= 15 is 0 Å². The van der Waals surface area contributed by atoms with Crippen LogP contribution in [0.1, 0.15) is 22.5 Å². The standard InChI is InChI=1S/C14H8N4S/c1-5-9-11-12(16-8(4)7(3)15-11)10(6-2)14-13(9)17-19-18-14/h1-2H,3-4H3. The molecule has 0 unspecified atom stereocenters. The average Bonchev–Trinajstić information content (AvgIpc) is 2.86. The van der Waals surface area contributed by atoms with Crippen LogP contribution in [0, 0.1) is 38.5 Å². The number of hydrogen-bond acceptors (Lipinski definition) is 5. The monoisotopic (exact) mass is 264 g/mol. The van der Waals surface area contributed by atoms with Crippen molar-refractivity contribution in [1.29, 1.82) is 0 Å². The minimum atomic E-state index is 0.605. The summed E-state index contributed by atoms with van der Waals surface area (Å²) in [5.41, 5.74) is 5.37. The molecule has 0 amide bonds. The van der Waals surface area contributed by atoms with E-state index in [0.29, 0.717) is 33.2 Å². The number of nitrogens with zero attached hydrogens (tertiary/aromatic N) is 4. The van der Waals surface area contributed by atoms with Gasteiger partial charge in [0.1, 0.15) is 22.1 Å². The van der Waals surface area contributed by atoms with E-state index in [9.17, 15) is 0 Å². The predicted molar refractivity (Wildman–Crippen MR) is 75.9 cm³/mol. The number of hydrogen-bond donors (Lipinski definition) is 0. The Morgan fingerprint density at radius 1 is 0.789 bits per heavy atom. The highest BCUT2D eigenvalue weighted by Crippen LogP contribution is 2.29. The fourth-order valence-electron chi connectivity index (χ4n) is 1.97. The maximum Gasteiger partial charge on any atom is 0.124 e. The van der Waals surface area contributed by atoms with Gasteiger partial charge in [-0.05, 0) is 13.8 Å². The fraction of sp³-hybridized carbons (Fsp3) is 0.143. The molecule has 0 saturated heterocycles. The highest BCUT2D eigenvalue weighted by molar-refractivity contribution is 7.00. The molecule has 0 N–H and O–H groups in total. The zero-order valence-electron chi connectivity index (χ0n) is 10.4. The van der Waals surface area contributed by atoms with Crippen molar-refractivity contribution in [3.63, 3.8) is 0 Å². The Balaban J connectivity index is 2.70. The van der Waals surface area contributed by atoms with Crippen molar-refractivity contribution in [2.75, 3.05) is 0 Å². The normalized spacial score (nSPS) is 10.5. The Bertz CT molecular complexity index is 836. The van der Waals surface area contributed by atoms with Crippen molar-refractivity contribution in [2.24, 2.45) is 0 Å². The maximum absolute atomic E-state index is 5.59. The van der Waals surface area contributed by atoms with Crippen LogP contribution in [0.25, 0.3) is 22.1 Å². The zero-order valence-corrected chi connectivity index (χ0v) is 11.2. The molecule has 0 spiro atoms. The molecule has 4 nitrogen and oxygen atoms in total. The largest absolute Gasteiger partial charge is 0.248 e. The first-order valence-electron chi connectivity index (χ1n) is 5.53. The summed E-state index contributed by atoms with van der Waals surface area (Å²) >= 11 is 1.08. The van der Waals surface area contributed by atoms with Crippen molar-refractivity contribution in [1.82, 2.24) is 18.7 Å². The molecule has 19 heavy (non-hydrogen) atoms. The molecule has 2 aromatic heterocycles. The van der Waals surface area contributed by atoms with Crippen LogP contribution in [-0.4, -0.2) is 18.7 Å². The van der Waals surface area contributed by atoms with E-state index in [4.69, 9.17) is 12.8 Å². The van der Waals surface area contributed by atoms with E-state index in [0.717, 1.165) is 23.1 Å². The molecule has 0 saturated carbocycles. The lowest BCUT2D eigenvalue weighted by molar-refractivity contribution is 1.10. The summed E-state index contributed by atoms with van der Waals surface area (Å²) in [5.74, 6) is 5.26. The quantitative estimate of drug-likeness (QED) is 0.584. The molecule has 2 heterocycles. The third-order valence-electron chi connectivity index (χ3n) is 3.03. The number of rotatable bonds is 0. The Morgan fingerprint density at radius 2 is 1.21 bits per heavy atom. The van der Waals surface area contributed by atoms with Crippen LogP contribution in [0.4, 0.5) is 0 Å². The van der Waals surface area contributed by atoms with Gasteiger partial charge in [-0.1, -0.05) is 11.8 Å². The highest BCUT2D eigenvalue weighted by Gasteiger charge is 2.18. The summed E-state index contributed by atoms with van der Waals surface area (Å²) in [5, 5.41) is 0. The second kappa shape index (κ2) is 4.01.